The van der Waals surface area contributed by atoms with Crippen LogP contribution in [0.15, 0.2) is 0 Å². The van der Waals surface area contributed by atoms with Gasteiger partial charge in [0.15, 0.2) is 0 Å². The lowest BCUT2D eigenvalue weighted by Gasteiger charge is -2.09. The largest absolute Gasteiger partial charge is 0.229 e. The predicted molar refractivity (Wildman–Crippen MR) is 58.1 cm³/mol. The minimum absolute atomic E-state index is 0.255. The highest BCUT2D eigenvalue weighted by atomic mass is 35.5. The van der Waals surface area contributed by atoms with Crippen LogP contribution in [0.2, 0.25) is 0 Å². The molecule has 0 bridgehead atoms. The van der Waals surface area contributed by atoms with Gasteiger partial charge in [0.2, 0.25) is 0 Å². The molecule has 1 atom stereocenters. The Kier molecular flexibility index (Phi) is 6.78. The summed E-state index contributed by atoms with van der Waals surface area (Å²) in [5.41, 5.74) is 0. The number of hydrogen-bond donors (Lipinski definition) is 0. The molecule has 0 spiro atoms. The van der Waals surface area contributed by atoms with Gasteiger partial charge in [-0.25, -0.2) is 8.42 Å². The molecular formula is C9H19ClO2S. The normalized spacial score (nSPS) is 14.4. The fourth-order valence-electron chi connectivity index (χ4n) is 1.13. The van der Waals surface area contributed by atoms with E-state index in [1.807, 2.05) is 0 Å². The predicted octanol–water partition coefficient (Wildman–Crippen LogP) is 2.47. The zero-order chi connectivity index (χ0) is 10.3. The molecule has 0 saturated heterocycles. The lowest BCUT2D eigenvalue weighted by molar-refractivity contribution is 0.511. The molecule has 0 aromatic carbocycles. The maximum absolute atomic E-state index is 11.1. The zero-order valence-corrected chi connectivity index (χ0v) is 10.00. The molecule has 80 valence electrons. The molecule has 0 N–H and O–H groups in total. The van der Waals surface area contributed by atoms with Crippen LogP contribution in [0.25, 0.3) is 0 Å². The maximum atomic E-state index is 11.1. The SMILES string of the molecule is CCC(CCl)CCCS(=O)(=O)CC. The van der Waals surface area contributed by atoms with Gasteiger partial charge in [-0.2, -0.15) is 0 Å². The summed E-state index contributed by atoms with van der Waals surface area (Å²) >= 11 is 5.70. The molecular weight excluding hydrogens is 208 g/mol. The maximum Gasteiger partial charge on any atom is 0.150 e. The van der Waals surface area contributed by atoms with Crippen LogP contribution in [0.1, 0.15) is 33.1 Å². The molecule has 0 aliphatic rings. The number of halogens is 1. The van der Waals surface area contributed by atoms with E-state index in [2.05, 4.69) is 6.92 Å². The van der Waals surface area contributed by atoms with Crippen molar-refractivity contribution in [2.24, 2.45) is 5.92 Å². The van der Waals surface area contributed by atoms with Crippen molar-refractivity contribution in [2.75, 3.05) is 17.4 Å². The molecule has 0 aromatic heterocycles. The molecule has 0 radical (unpaired) electrons. The minimum atomic E-state index is -2.77. The van der Waals surface area contributed by atoms with Crippen molar-refractivity contribution in [2.45, 2.75) is 33.1 Å². The van der Waals surface area contributed by atoms with Crippen molar-refractivity contribution < 1.29 is 8.42 Å². The Morgan fingerprint density at radius 1 is 1.31 bits per heavy atom. The van der Waals surface area contributed by atoms with E-state index in [4.69, 9.17) is 11.6 Å². The highest BCUT2D eigenvalue weighted by Gasteiger charge is 2.09. The third-order valence-corrected chi connectivity index (χ3v) is 4.53. The topological polar surface area (TPSA) is 34.1 Å². The van der Waals surface area contributed by atoms with E-state index < -0.39 is 9.84 Å². The second-order valence-corrected chi connectivity index (χ2v) is 6.09. The Hall–Kier alpha value is 0.240. The Labute approximate surface area is 86.6 Å². The van der Waals surface area contributed by atoms with E-state index in [0.29, 0.717) is 17.6 Å². The first kappa shape index (κ1) is 13.2. The fraction of sp³-hybridized carbons (Fsp3) is 1.00. The zero-order valence-electron chi connectivity index (χ0n) is 8.42. The Morgan fingerprint density at radius 2 is 1.92 bits per heavy atom. The van der Waals surface area contributed by atoms with Crippen LogP contribution in [0.3, 0.4) is 0 Å². The monoisotopic (exact) mass is 226 g/mol. The van der Waals surface area contributed by atoms with Crippen LogP contribution in [-0.4, -0.2) is 25.8 Å². The van der Waals surface area contributed by atoms with Crippen LogP contribution in [-0.2, 0) is 9.84 Å². The van der Waals surface area contributed by atoms with Crippen LogP contribution in [0.5, 0.6) is 0 Å². The Balaban J connectivity index is 3.67. The van der Waals surface area contributed by atoms with Crippen molar-refractivity contribution >= 4 is 21.4 Å². The summed E-state index contributed by atoms with van der Waals surface area (Å²) in [4.78, 5) is 0. The van der Waals surface area contributed by atoms with Gasteiger partial charge in [-0.15, -0.1) is 11.6 Å². The summed E-state index contributed by atoms with van der Waals surface area (Å²) in [6, 6.07) is 0. The lowest BCUT2D eigenvalue weighted by Crippen LogP contribution is -2.10. The molecule has 0 aliphatic carbocycles. The van der Waals surface area contributed by atoms with Gasteiger partial charge in [0.25, 0.3) is 0 Å². The summed E-state index contributed by atoms with van der Waals surface area (Å²) in [5, 5.41) is 0. The van der Waals surface area contributed by atoms with E-state index in [9.17, 15) is 8.42 Å². The van der Waals surface area contributed by atoms with Crippen LogP contribution >= 0.6 is 11.6 Å². The van der Waals surface area contributed by atoms with Crippen molar-refractivity contribution in [3.8, 4) is 0 Å². The third-order valence-electron chi connectivity index (χ3n) is 2.30. The van der Waals surface area contributed by atoms with E-state index in [0.717, 1.165) is 19.3 Å². The van der Waals surface area contributed by atoms with Gasteiger partial charge in [0, 0.05) is 11.6 Å². The van der Waals surface area contributed by atoms with Crippen molar-refractivity contribution in [1.82, 2.24) is 0 Å². The van der Waals surface area contributed by atoms with Crippen LogP contribution < -0.4 is 0 Å². The van der Waals surface area contributed by atoms with E-state index in [1.54, 1.807) is 6.92 Å². The Morgan fingerprint density at radius 3 is 2.31 bits per heavy atom. The summed E-state index contributed by atoms with van der Waals surface area (Å²) in [5.74, 6) is 1.69. The highest BCUT2D eigenvalue weighted by Crippen LogP contribution is 2.13. The molecule has 0 rings (SSSR count). The van der Waals surface area contributed by atoms with Crippen molar-refractivity contribution in [3.05, 3.63) is 0 Å². The molecule has 0 heterocycles. The number of hydrogen-bond acceptors (Lipinski definition) is 2. The molecule has 0 aliphatic heterocycles. The van der Waals surface area contributed by atoms with Gasteiger partial charge >= 0.3 is 0 Å². The molecule has 13 heavy (non-hydrogen) atoms. The minimum Gasteiger partial charge on any atom is -0.229 e. The standard InChI is InChI=1S/C9H19ClO2S/c1-3-9(8-10)6-5-7-13(11,12)4-2/h9H,3-8H2,1-2H3. The van der Waals surface area contributed by atoms with Gasteiger partial charge < -0.3 is 0 Å². The van der Waals surface area contributed by atoms with Gasteiger partial charge in [-0.3, -0.25) is 0 Å². The van der Waals surface area contributed by atoms with Gasteiger partial charge in [0.05, 0.1) is 5.75 Å². The molecule has 0 saturated carbocycles. The van der Waals surface area contributed by atoms with E-state index >= 15 is 0 Å². The van der Waals surface area contributed by atoms with E-state index in [-0.39, 0.29) is 5.75 Å². The fourth-order valence-corrected chi connectivity index (χ4v) is 2.39. The first-order chi connectivity index (χ1) is 6.05. The second-order valence-electron chi connectivity index (χ2n) is 3.31. The summed E-state index contributed by atoms with van der Waals surface area (Å²) in [6.07, 6.45) is 2.72. The second kappa shape index (κ2) is 6.66. The van der Waals surface area contributed by atoms with Crippen molar-refractivity contribution in [1.29, 1.82) is 0 Å². The van der Waals surface area contributed by atoms with Crippen molar-refractivity contribution in [3.63, 3.8) is 0 Å². The Bertz CT molecular complexity index is 208. The average Bonchev–Trinajstić information content (AvgIpc) is 2.12. The quantitative estimate of drug-likeness (QED) is 0.625. The average molecular weight is 227 g/mol. The van der Waals surface area contributed by atoms with Gasteiger partial charge in [0.1, 0.15) is 9.84 Å². The lowest BCUT2D eigenvalue weighted by atomic mass is 10.0. The molecule has 0 aromatic rings. The summed E-state index contributed by atoms with van der Waals surface area (Å²) < 4.78 is 22.2. The summed E-state index contributed by atoms with van der Waals surface area (Å²) in [7, 11) is -2.77. The molecule has 2 nitrogen and oxygen atoms in total. The van der Waals surface area contributed by atoms with Gasteiger partial charge in [-0.1, -0.05) is 20.3 Å². The number of rotatable bonds is 7. The molecule has 0 fully saturated rings. The first-order valence-corrected chi connectivity index (χ1v) is 7.17. The smallest absolute Gasteiger partial charge is 0.150 e. The third kappa shape index (κ3) is 6.33. The van der Waals surface area contributed by atoms with Crippen LogP contribution in [0, 0.1) is 5.92 Å². The highest BCUT2D eigenvalue weighted by molar-refractivity contribution is 7.91. The summed E-state index contributed by atoms with van der Waals surface area (Å²) in [6.45, 7) is 3.77. The molecule has 0 amide bonds. The first-order valence-electron chi connectivity index (χ1n) is 4.82. The van der Waals surface area contributed by atoms with E-state index in [1.165, 1.54) is 0 Å². The number of alkyl halides is 1. The number of sulfone groups is 1. The van der Waals surface area contributed by atoms with Crippen LogP contribution in [0.4, 0.5) is 0 Å². The molecule has 4 heteroatoms. The molecule has 1 unspecified atom stereocenters. The van der Waals surface area contributed by atoms with Gasteiger partial charge in [-0.05, 0) is 18.8 Å².